The fourth-order valence-corrected chi connectivity index (χ4v) is 3.30. The molecule has 2 rings (SSSR count). The van der Waals surface area contributed by atoms with E-state index in [0.717, 1.165) is 12.8 Å². The SMILES string of the molecule is C[Si](C)(C)c1ccc(CC2CCC(=O)O2)cc1. The maximum atomic E-state index is 11.0. The summed E-state index contributed by atoms with van der Waals surface area (Å²) in [4.78, 5) is 11.0. The summed E-state index contributed by atoms with van der Waals surface area (Å²) < 4.78 is 5.23. The molecule has 0 N–H and O–H groups in total. The predicted molar refractivity (Wildman–Crippen MR) is 72.2 cm³/mol. The van der Waals surface area contributed by atoms with Crippen LogP contribution in [0.5, 0.6) is 0 Å². The molecule has 1 heterocycles. The molecule has 1 unspecified atom stereocenters. The average Bonchev–Trinajstić information content (AvgIpc) is 2.63. The number of carbonyl (C=O) groups excluding carboxylic acids is 1. The first-order valence-corrected chi connectivity index (χ1v) is 9.74. The summed E-state index contributed by atoms with van der Waals surface area (Å²) in [6.45, 7) is 7.04. The van der Waals surface area contributed by atoms with Crippen molar-refractivity contribution in [3.8, 4) is 0 Å². The summed E-state index contributed by atoms with van der Waals surface area (Å²) >= 11 is 0. The third kappa shape index (κ3) is 3.19. The van der Waals surface area contributed by atoms with Crippen molar-refractivity contribution in [3.05, 3.63) is 29.8 Å². The lowest BCUT2D eigenvalue weighted by atomic mass is 10.1. The molecule has 1 aromatic rings. The van der Waals surface area contributed by atoms with E-state index in [2.05, 4.69) is 43.9 Å². The first-order valence-electron chi connectivity index (χ1n) is 6.24. The van der Waals surface area contributed by atoms with Crippen molar-refractivity contribution in [2.24, 2.45) is 0 Å². The molecule has 0 saturated carbocycles. The Kier molecular flexibility index (Phi) is 3.38. The van der Waals surface area contributed by atoms with E-state index in [1.165, 1.54) is 10.8 Å². The van der Waals surface area contributed by atoms with Gasteiger partial charge in [0.15, 0.2) is 0 Å². The summed E-state index contributed by atoms with van der Waals surface area (Å²) in [6.07, 6.45) is 2.41. The minimum absolute atomic E-state index is 0.0475. The van der Waals surface area contributed by atoms with E-state index in [1.54, 1.807) is 0 Å². The normalized spacial score (nSPS) is 20.4. The van der Waals surface area contributed by atoms with Crippen molar-refractivity contribution >= 4 is 19.2 Å². The van der Waals surface area contributed by atoms with Crippen molar-refractivity contribution in [2.45, 2.75) is 45.0 Å². The third-order valence-corrected chi connectivity index (χ3v) is 5.32. The molecule has 0 bridgehead atoms. The van der Waals surface area contributed by atoms with E-state index in [-0.39, 0.29) is 12.1 Å². The van der Waals surface area contributed by atoms with Crippen molar-refractivity contribution in [3.63, 3.8) is 0 Å². The molecule has 1 atom stereocenters. The first kappa shape index (κ1) is 12.4. The lowest BCUT2D eigenvalue weighted by molar-refractivity contribution is -0.141. The summed E-state index contributed by atoms with van der Waals surface area (Å²) in [6, 6.07) is 8.83. The number of ether oxygens (including phenoxy) is 1. The van der Waals surface area contributed by atoms with Gasteiger partial charge in [0, 0.05) is 12.8 Å². The van der Waals surface area contributed by atoms with E-state index >= 15 is 0 Å². The van der Waals surface area contributed by atoms with Crippen molar-refractivity contribution < 1.29 is 9.53 Å². The van der Waals surface area contributed by atoms with Crippen LogP contribution in [0.1, 0.15) is 18.4 Å². The zero-order valence-corrected chi connectivity index (χ0v) is 11.8. The lowest BCUT2D eigenvalue weighted by Crippen LogP contribution is -2.37. The molecule has 1 aliphatic heterocycles. The van der Waals surface area contributed by atoms with E-state index in [1.807, 2.05) is 0 Å². The van der Waals surface area contributed by atoms with Crippen molar-refractivity contribution in [2.75, 3.05) is 0 Å². The van der Waals surface area contributed by atoms with Gasteiger partial charge in [0.05, 0.1) is 8.07 Å². The van der Waals surface area contributed by atoms with E-state index in [0.29, 0.717) is 6.42 Å². The molecule has 17 heavy (non-hydrogen) atoms. The summed E-state index contributed by atoms with van der Waals surface area (Å²) in [5.41, 5.74) is 1.27. The minimum atomic E-state index is -1.20. The topological polar surface area (TPSA) is 26.3 Å². The highest BCUT2D eigenvalue weighted by Gasteiger charge is 2.23. The Labute approximate surface area is 104 Å². The third-order valence-electron chi connectivity index (χ3n) is 3.25. The Bertz CT molecular complexity index is 403. The Morgan fingerprint density at radius 3 is 2.35 bits per heavy atom. The number of hydrogen-bond acceptors (Lipinski definition) is 2. The predicted octanol–water partition coefficient (Wildman–Crippen LogP) is 2.48. The van der Waals surface area contributed by atoms with Crippen LogP contribution in [0.4, 0.5) is 0 Å². The molecular formula is C14H20O2Si. The van der Waals surface area contributed by atoms with Gasteiger partial charge in [-0.2, -0.15) is 0 Å². The van der Waals surface area contributed by atoms with Crippen LogP contribution in [0.2, 0.25) is 19.6 Å². The zero-order valence-electron chi connectivity index (χ0n) is 10.8. The summed E-state index contributed by atoms with van der Waals surface area (Å²) in [7, 11) is -1.20. The maximum Gasteiger partial charge on any atom is 0.306 e. The van der Waals surface area contributed by atoms with Gasteiger partial charge in [-0.3, -0.25) is 4.79 Å². The second kappa shape index (κ2) is 4.65. The quantitative estimate of drug-likeness (QED) is 0.607. The van der Waals surface area contributed by atoms with Crippen LogP contribution < -0.4 is 5.19 Å². The van der Waals surface area contributed by atoms with Crippen molar-refractivity contribution in [1.29, 1.82) is 0 Å². The smallest absolute Gasteiger partial charge is 0.306 e. The highest BCUT2D eigenvalue weighted by Crippen LogP contribution is 2.18. The van der Waals surface area contributed by atoms with Crippen LogP contribution in [0, 0.1) is 0 Å². The number of carbonyl (C=O) groups is 1. The maximum absolute atomic E-state index is 11.0. The largest absolute Gasteiger partial charge is 0.462 e. The van der Waals surface area contributed by atoms with Crippen LogP contribution in [-0.2, 0) is 16.0 Å². The summed E-state index contributed by atoms with van der Waals surface area (Å²) in [5, 5.41) is 1.48. The van der Waals surface area contributed by atoms with Gasteiger partial charge in [-0.25, -0.2) is 0 Å². The van der Waals surface area contributed by atoms with Gasteiger partial charge in [0.25, 0.3) is 0 Å². The van der Waals surface area contributed by atoms with E-state index in [4.69, 9.17) is 4.74 Å². The zero-order chi connectivity index (χ0) is 12.5. The second-order valence-electron chi connectivity index (χ2n) is 5.80. The average molecular weight is 248 g/mol. The Morgan fingerprint density at radius 1 is 1.24 bits per heavy atom. The van der Waals surface area contributed by atoms with E-state index < -0.39 is 8.07 Å². The Balaban J connectivity index is 2.01. The molecule has 3 heteroatoms. The molecule has 1 saturated heterocycles. The van der Waals surface area contributed by atoms with Gasteiger partial charge >= 0.3 is 5.97 Å². The molecule has 0 radical (unpaired) electrons. The van der Waals surface area contributed by atoms with Crippen LogP contribution in [0.3, 0.4) is 0 Å². The van der Waals surface area contributed by atoms with Crippen LogP contribution >= 0.6 is 0 Å². The van der Waals surface area contributed by atoms with Crippen LogP contribution in [0.15, 0.2) is 24.3 Å². The number of esters is 1. The molecule has 92 valence electrons. The standard InChI is InChI=1S/C14H20O2Si/c1-17(2,3)13-7-4-11(5-8-13)10-12-6-9-14(15)16-12/h4-5,7-8,12H,6,9-10H2,1-3H3. The monoisotopic (exact) mass is 248 g/mol. The fraction of sp³-hybridized carbons (Fsp3) is 0.500. The second-order valence-corrected chi connectivity index (χ2v) is 10.9. The first-order chi connectivity index (χ1) is 7.95. The van der Waals surface area contributed by atoms with E-state index in [9.17, 15) is 4.79 Å². The lowest BCUT2D eigenvalue weighted by Gasteiger charge is -2.17. The highest BCUT2D eigenvalue weighted by molar-refractivity contribution is 6.88. The Hall–Kier alpha value is -1.09. The van der Waals surface area contributed by atoms with Gasteiger partial charge in [-0.05, 0) is 12.0 Å². The van der Waals surface area contributed by atoms with Gasteiger partial charge in [-0.1, -0.05) is 49.1 Å². The molecule has 0 aliphatic carbocycles. The van der Waals surface area contributed by atoms with Crippen molar-refractivity contribution in [1.82, 2.24) is 0 Å². The number of cyclic esters (lactones) is 1. The van der Waals surface area contributed by atoms with Gasteiger partial charge in [-0.15, -0.1) is 0 Å². The molecule has 1 fully saturated rings. The molecule has 1 aromatic carbocycles. The van der Waals surface area contributed by atoms with Gasteiger partial charge in [0.1, 0.15) is 6.10 Å². The molecular weight excluding hydrogens is 228 g/mol. The fourth-order valence-electron chi connectivity index (χ4n) is 2.13. The molecule has 0 amide bonds. The van der Waals surface area contributed by atoms with Crippen LogP contribution in [-0.4, -0.2) is 20.1 Å². The molecule has 1 aliphatic rings. The highest BCUT2D eigenvalue weighted by atomic mass is 28.3. The number of rotatable bonds is 3. The summed E-state index contributed by atoms with van der Waals surface area (Å²) in [5.74, 6) is -0.0475. The molecule has 0 spiro atoms. The molecule has 2 nitrogen and oxygen atoms in total. The number of benzene rings is 1. The van der Waals surface area contributed by atoms with Crippen LogP contribution in [0.25, 0.3) is 0 Å². The Morgan fingerprint density at radius 2 is 1.88 bits per heavy atom. The molecule has 0 aromatic heterocycles. The minimum Gasteiger partial charge on any atom is -0.462 e. The van der Waals surface area contributed by atoms with Gasteiger partial charge < -0.3 is 4.74 Å². The van der Waals surface area contributed by atoms with Gasteiger partial charge in [0.2, 0.25) is 0 Å². The number of hydrogen-bond donors (Lipinski definition) is 0.